The third kappa shape index (κ3) is 5.11. The normalized spacial score (nSPS) is 11.6. The van der Waals surface area contributed by atoms with Gasteiger partial charge in [-0.05, 0) is 30.8 Å². The molecule has 0 aliphatic carbocycles. The molecule has 20 heavy (non-hydrogen) atoms. The maximum Gasteiger partial charge on any atom is 0.319 e. The number of rotatable bonds is 7. The number of carbonyl (C=O) groups is 1. The number of benzene rings is 1. The second kappa shape index (κ2) is 7.61. The van der Waals surface area contributed by atoms with Crippen LogP contribution in [0.3, 0.4) is 0 Å². The average molecular weight is 320 g/mol. The fraction of sp³-hybridized carbons (Fsp3) is 0.462. The van der Waals surface area contributed by atoms with E-state index in [9.17, 15) is 13.2 Å². The van der Waals surface area contributed by atoms with Gasteiger partial charge in [0, 0.05) is 11.6 Å². The Balaban J connectivity index is 2.66. The van der Waals surface area contributed by atoms with Crippen molar-refractivity contribution in [2.24, 2.45) is 0 Å². The van der Waals surface area contributed by atoms with Crippen molar-refractivity contribution >= 4 is 27.4 Å². The monoisotopic (exact) mass is 319 g/mol. The summed E-state index contributed by atoms with van der Waals surface area (Å²) in [5.74, 6) is -0.435. The summed E-state index contributed by atoms with van der Waals surface area (Å²) >= 11 is 5.73. The zero-order valence-corrected chi connectivity index (χ0v) is 13.1. The van der Waals surface area contributed by atoms with E-state index >= 15 is 0 Å². The molecule has 1 aromatic carbocycles. The van der Waals surface area contributed by atoms with Crippen LogP contribution in [0.25, 0.3) is 0 Å². The van der Waals surface area contributed by atoms with Gasteiger partial charge >= 0.3 is 5.97 Å². The van der Waals surface area contributed by atoms with E-state index in [0.717, 1.165) is 0 Å². The molecule has 0 N–H and O–H groups in total. The summed E-state index contributed by atoms with van der Waals surface area (Å²) in [5, 5.41) is 0.491. The Morgan fingerprint density at radius 3 is 2.40 bits per heavy atom. The molecule has 1 aromatic rings. The van der Waals surface area contributed by atoms with Crippen LogP contribution in [0.4, 0.5) is 0 Å². The number of hydrogen-bond acceptors (Lipinski definition) is 5. The third-order valence-electron chi connectivity index (χ3n) is 2.88. The van der Waals surface area contributed by atoms with Gasteiger partial charge in [-0.3, -0.25) is 9.69 Å². The summed E-state index contributed by atoms with van der Waals surface area (Å²) in [4.78, 5) is 13.1. The fourth-order valence-electron chi connectivity index (χ4n) is 1.61. The minimum Gasteiger partial charge on any atom is -0.468 e. The van der Waals surface area contributed by atoms with Crippen LogP contribution in [0.2, 0.25) is 5.02 Å². The molecule has 0 aliphatic rings. The first-order valence-electron chi connectivity index (χ1n) is 6.16. The van der Waals surface area contributed by atoms with Crippen LogP contribution >= 0.6 is 11.6 Å². The lowest BCUT2D eigenvalue weighted by Crippen LogP contribution is -2.34. The highest BCUT2D eigenvalue weighted by atomic mass is 35.5. The number of carbonyl (C=O) groups excluding carboxylic acids is 1. The van der Waals surface area contributed by atoms with Gasteiger partial charge in [-0.25, -0.2) is 8.42 Å². The number of hydrogen-bond donors (Lipinski definition) is 0. The number of halogens is 1. The molecular weight excluding hydrogens is 302 g/mol. The largest absolute Gasteiger partial charge is 0.468 e. The van der Waals surface area contributed by atoms with Crippen LogP contribution in [0.1, 0.15) is 6.92 Å². The van der Waals surface area contributed by atoms with Crippen LogP contribution in [0.5, 0.6) is 0 Å². The van der Waals surface area contributed by atoms with Crippen molar-refractivity contribution in [3.8, 4) is 0 Å². The molecule has 0 fully saturated rings. The zero-order valence-electron chi connectivity index (χ0n) is 11.5. The van der Waals surface area contributed by atoms with E-state index in [1.807, 2.05) is 6.92 Å². The SMILES string of the molecule is CCN(CCS(=O)(=O)c1ccc(Cl)cc1)CC(=O)OC. The third-order valence-corrected chi connectivity index (χ3v) is 4.84. The predicted molar refractivity (Wildman–Crippen MR) is 77.6 cm³/mol. The number of nitrogens with zero attached hydrogens (tertiary/aromatic N) is 1. The van der Waals surface area contributed by atoms with Crippen molar-refractivity contribution in [2.45, 2.75) is 11.8 Å². The van der Waals surface area contributed by atoms with Gasteiger partial charge < -0.3 is 4.74 Å². The lowest BCUT2D eigenvalue weighted by molar-refractivity contribution is -0.141. The average Bonchev–Trinajstić information content (AvgIpc) is 2.43. The topological polar surface area (TPSA) is 63.7 Å². The van der Waals surface area contributed by atoms with Crippen LogP contribution in [0.15, 0.2) is 29.2 Å². The second-order valence-electron chi connectivity index (χ2n) is 4.22. The molecule has 0 aliphatic heterocycles. The Labute approximate surface area is 124 Å². The molecule has 112 valence electrons. The molecular formula is C13H18ClNO4S. The summed E-state index contributed by atoms with van der Waals surface area (Å²) in [6.07, 6.45) is 0. The molecule has 0 aromatic heterocycles. The van der Waals surface area contributed by atoms with Crippen molar-refractivity contribution < 1.29 is 17.9 Å². The molecule has 0 saturated carbocycles. The van der Waals surface area contributed by atoms with Gasteiger partial charge in [0.2, 0.25) is 0 Å². The number of sulfone groups is 1. The van der Waals surface area contributed by atoms with Gasteiger partial charge in [0.25, 0.3) is 0 Å². The zero-order chi connectivity index (χ0) is 15.2. The summed E-state index contributed by atoms with van der Waals surface area (Å²) < 4.78 is 28.8. The van der Waals surface area contributed by atoms with Crippen LogP contribution in [0, 0.1) is 0 Å². The number of likely N-dealkylation sites (N-methyl/N-ethyl adjacent to an activating group) is 1. The lowest BCUT2D eigenvalue weighted by Gasteiger charge is -2.18. The quantitative estimate of drug-likeness (QED) is 0.714. The Morgan fingerprint density at radius 2 is 1.90 bits per heavy atom. The van der Waals surface area contributed by atoms with Gasteiger partial charge in [-0.15, -0.1) is 0 Å². The van der Waals surface area contributed by atoms with Gasteiger partial charge in [-0.2, -0.15) is 0 Å². The van der Waals surface area contributed by atoms with E-state index in [1.165, 1.54) is 19.2 Å². The Hall–Kier alpha value is -1.11. The minimum absolute atomic E-state index is 0.0561. The van der Waals surface area contributed by atoms with Crippen LogP contribution in [-0.4, -0.2) is 51.8 Å². The summed E-state index contributed by atoms with van der Waals surface area (Å²) in [7, 11) is -2.07. The smallest absolute Gasteiger partial charge is 0.319 e. The number of esters is 1. The predicted octanol–water partition coefficient (Wildman–Crippen LogP) is 1.61. The van der Waals surface area contributed by atoms with Crippen molar-refractivity contribution in [1.29, 1.82) is 0 Å². The van der Waals surface area contributed by atoms with Crippen molar-refractivity contribution in [1.82, 2.24) is 4.90 Å². The first-order chi connectivity index (χ1) is 9.39. The number of methoxy groups -OCH3 is 1. The van der Waals surface area contributed by atoms with Crippen molar-refractivity contribution in [3.63, 3.8) is 0 Å². The van der Waals surface area contributed by atoms with E-state index in [2.05, 4.69) is 4.74 Å². The maximum atomic E-state index is 12.1. The van der Waals surface area contributed by atoms with Gasteiger partial charge in [0.15, 0.2) is 9.84 Å². The van der Waals surface area contributed by atoms with E-state index in [0.29, 0.717) is 11.6 Å². The Morgan fingerprint density at radius 1 is 1.30 bits per heavy atom. The molecule has 0 bridgehead atoms. The summed E-state index contributed by atoms with van der Waals surface area (Å²) in [6.45, 7) is 2.79. The Kier molecular flexibility index (Phi) is 6.45. The van der Waals surface area contributed by atoms with E-state index < -0.39 is 9.84 Å². The molecule has 0 unspecified atom stereocenters. The van der Waals surface area contributed by atoms with E-state index in [4.69, 9.17) is 11.6 Å². The molecule has 0 heterocycles. The first kappa shape index (κ1) is 16.9. The first-order valence-corrected chi connectivity index (χ1v) is 8.19. The van der Waals surface area contributed by atoms with Gasteiger partial charge in [0.05, 0.1) is 24.3 Å². The molecule has 7 heteroatoms. The minimum atomic E-state index is -3.38. The second-order valence-corrected chi connectivity index (χ2v) is 6.76. The molecule has 0 amide bonds. The van der Waals surface area contributed by atoms with Gasteiger partial charge in [-0.1, -0.05) is 18.5 Å². The maximum absolute atomic E-state index is 12.1. The van der Waals surface area contributed by atoms with Crippen LogP contribution < -0.4 is 0 Å². The van der Waals surface area contributed by atoms with Crippen LogP contribution in [-0.2, 0) is 19.4 Å². The molecule has 0 radical (unpaired) electrons. The highest BCUT2D eigenvalue weighted by Gasteiger charge is 2.17. The fourth-order valence-corrected chi connectivity index (χ4v) is 3.02. The van der Waals surface area contributed by atoms with Crippen molar-refractivity contribution in [2.75, 3.05) is 32.5 Å². The molecule has 0 spiro atoms. The molecule has 5 nitrogen and oxygen atoms in total. The van der Waals surface area contributed by atoms with Crippen molar-refractivity contribution in [3.05, 3.63) is 29.3 Å². The number of ether oxygens (including phenoxy) is 1. The highest BCUT2D eigenvalue weighted by molar-refractivity contribution is 7.91. The summed E-state index contributed by atoms with van der Waals surface area (Å²) in [6, 6.07) is 6.05. The molecule has 0 saturated heterocycles. The van der Waals surface area contributed by atoms with E-state index in [-0.39, 0.29) is 29.7 Å². The molecule has 1 rings (SSSR count). The van der Waals surface area contributed by atoms with Gasteiger partial charge in [0.1, 0.15) is 0 Å². The standard InChI is InChI=1S/C13H18ClNO4S/c1-3-15(10-13(16)19-2)8-9-20(17,18)12-6-4-11(14)5-7-12/h4-7H,3,8-10H2,1-2H3. The summed E-state index contributed by atoms with van der Waals surface area (Å²) in [5.41, 5.74) is 0. The lowest BCUT2D eigenvalue weighted by atomic mass is 10.4. The van der Waals surface area contributed by atoms with E-state index in [1.54, 1.807) is 17.0 Å². The molecule has 0 atom stereocenters. The highest BCUT2D eigenvalue weighted by Crippen LogP contribution is 2.15. The Bertz CT molecular complexity index is 542.